The molecule has 6 heteroatoms. The van der Waals surface area contributed by atoms with Crippen molar-refractivity contribution < 1.29 is 14.3 Å². The van der Waals surface area contributed by atoms with Crippen molar-refractivity contribution >= 4 is 17.5 Å². The molecule has 0 saturated carbocycles. The van der Waals surface area contributed by atoms with Crippen LogP contribution in [0.15, 0.2) is 24.3 Å². The van der Waals surface area contributed by atoms with Crippen LogP contribution in [0.4, 0.5) is 5.69 Å². The second-order valence-electron chi connectivity index (χ2n) is 7.81. The molecule has 2 N–H and O–H groups in total. The first-order valence-corrected chi connectivity index (χ1v) is 9.84. The maximum absolute atomic E-state index is 12.6. The average molecular weight is 376 g/mol. The predicted octanol–water partition coefficient (Wildman–Crippen LogP) is 2.58. The first kappa shape index (κ1) is 21.2. The Bertz CT molecular complexity index is 608. The van der Waals surface area contributed by atoms with E-state index in [1.807, 2.05) is 45.0 Å². The highest BCUT2D eigenvalue weighted by Gasteiger charge is 2.23. The topological polar surface area (TPSA) is 70.7 Å². The number of hydrogen-bond donors (Lipinski definition) is 2. The van der Waals surface area contributed by atoms with E-state index in [1.165, 1.54) is 0 Å². The number of nitrogens with one attached hydrogen (secondary N) is 2. The number of benzene rings is 1. The van der Waals surface area contributed by atoms with Crippen molar-refractivity contribution in [2.75, 3.05) is 32.1 Å². The fraction of sp³-hybridized carbons (Fsp3) is 0.619. The third-order valence-corrected chi connectivity index (χ3v) is 4.76. The molecule has 1 aliphatic rings. The second kappa shape index (κ2) is 10.3. The Kier molecular flexibility index (Phi) is 8.10. The summed E-state index contributed by atoms with van der Waals surface area (Å²) in [6.07, 6.45) is 3.83. The minimum absolute atomic E-state index is 0.125. The minimum Gasteiger partial charge on any atom is -0.378 e. The molecule has 0 radical (unpaired) electrons. The zero-order valence-electron chi connectivity index (χ0n) is 17.0. The first-order valence-electron chi connectivity index (χ1n) is 9.84. The highest BCUT2D eigenvalue weighted by Crippen LogP contribution is 2.15. The predicted molar refractivity (Wildman–Crippen MR) is 108 cm³/mol. The van der Waals surface area contributed by atoms with Crippen molar-refractivity contribution in [2.45, 2.75) is 51.7 Å². The molecule has 2 amide bonds. The standard InChI is InChI=1S/C21H33N3O3/c1-15(2)14-19(21(26)22-12-11-18-6-5-13-27-18)23-20(25)16-7-9-17(10-8-16)24(3)4/h7-10,15,18-19H,5-6,11-14H2,1-4H3,(H,22,26)(H,23,25)/t18-,19-/m0/s1. The lowest BCUT2D eigenvalue weighted by atomic mass is 10.0. The normalized spacial score (nSPS) is 17.6. The van der Waals surface area contributed by atoms with Crippen LogP contribution in [-0.4, -0.2) is 51.2 Å². The highest BCUT2D eigenvalue weighted by molar-refractivity contribution is 5.97. The van der Waals surface area contributed by atoms with Gasteiger partial charge in [-0.1, -0.05) is 13.8 Å². The molecule has 1 aromatic carbocycles. The van der Waals surface area contributed by atoms with E-state index in [1.54, 1.807) is 12.1 Å². The number of hydrogen-bond acceptors (Lipinski definition) is 4. The van der Waals surface area contributed by atoms with E-state index in [2.05, 4.69) is 10.6 Å². The number of anilines is 1. The van der Waals surface area contributed by atoms with E-state index >= 15 is 0 Å². The fourth-order valence-electron chi connectivity index (χ4n) is 3.21. The molecular weight excluding hydrogens is 342 g/mol. The Morgan fingerprint density at radius 1 is 1.22 bits per heavy atom. The van der Waals surface area contributed by atoms with Gasteiger partial charge in [0, 0.05) is 38.5 Å². The third kappa shape index (κ3) is 6.86. The molecular formula is C21H33N3O3. The maximum atomic E-state index is 12.6. The Labute approximate surface area is 162 Å². The number of carbonyl (C=O) groups excluding carboxylic acids is 2. The summed E-state index contributed by atoms with van der Waals surface area (Å²) in [6, 6.07) is 6.83. The number of ether oxygens (including phenoxy) is 1. The van der Waals surface area contributed by atoms with Crippen LogP contribution in [-0.2, 0) is 9.53 Å². The van der Waals surface area contributed by atoms with Gasteiger partial charge in [-0.2, -0.15) is 0 Å². The van der Waals surface area contributed by atoms with Crippen LogP contribution >= 0.6 is 0 Å². The van der Waals surface area contributed by atoms with Crippen LogP contribution in [0.25, 0.3) is 0 Å². The monoisotopic (exact) mass is 375 g/mol. The molecule has 6 nitrogen and oxygen atoms in total. The van der Waals surface area contributed by atoms with Gasteiger partial charge in [-0.15, -0.1) is 0 Å². The van der Waals surface area contributed by atoms with Gasteiger partial charge < -0.3 is 20.3 Å². The number of carbonyl (C=O) groups is 2. The number of nitrogens with zero attached hydrogens (tertiary/aromatic N) is 1. The fourth-order valence-corrected chi connectivity index (χ4v) is 3.21. The van der Waals surface area contributed by atoms with Gasteiger partial charge in [0.2, 0.25) is 5.91 Å². The Morgan fingerprint density at radius 2 is 1.93 bits per heavy atom. The number of amides is 2. The molecule has 1 heterocycles. The van der Waals surface area contributed by atoms with Crippen LogP contribution < -0.4 is 15.5 Å². The van der Waals surface area contributed by atoms with Crippen LogP contribution in [0.2, 0.25) is 0 Å². The lowest BCUT2D eigenvalue weighted by molar-refractivity contribution is -0.123. The lowest BCUT2D eigenvalue weighted by Gasteiger charge is -2.21. The van der Waals surface area contributed by atoms with Crippen LogP contribution in [0.5, 0.6) is 0 Å². The summed E-state index contributed by atoms with van der Waals surface area (Å²) in [5.74, 6) is -0.0458. The summed E-state index contributed by atoms with van der Waals surface area (Å²) >= 11 is 0. The van der Waals surface area contributed by atoms with Gasteiger partial charge in [0.15, 0.2) is 0 Å². The molecule has 0 unspecified atom stereocenters. The summed E-state index contributed by atoms with van der Waals surface area (Å²) in [4.78, 5) is 27.1. The summed E-state index contributed by atoms with van der Waals surface area (Å²) < 4.78 is 5.58. The maximum Gasteiger partial charge on any atom is 0.251 e. The average Bonchev–Trinajstić information content (AvgIpc) is 3.14. The molecule has 27 heavy (non-hydrogen) atoms. The van der Waals surface area contributed by atoms with Gasteiger partial charge in [0.25, 0.3) is 5.91 Å². The summed E-state index contributed by atoms with van der Waals surface area (Å²) in [6.45, 7) is 5.48. The molecule has 1 fully saturated rings. The van der Waals surface area contributed by atoms with Crippen molar-refractivity contribution in [2.24, 2.45) is 5.92 Å². The summed E-state index contributed by atoms with van der Waals surface area (Å²) in [5, 5.41) is 5.85. The van der Waals surface area contributed by atoms with Crippen molar-refractivity contribution in [3.63, 3.8) is 0 Å². The van der Waals surface area contributed by atoms with Gasteiger partial charge in [0.05, 0.1) is 6.10 Å². The van der Waals surface area contributed by atoms with Crippen LogP contribution in [0.3, 0.4) is 0 Å². The molecule has 2 atom stereocenters. The first-order chi connectivity index (χ1) is 12.9. The SMILES string of the molecule is CC(C)C[C@H](NC(=O)c1ccc(N(C)C)cc1)C(=O)NCC[C@@H]1CCCO1. The molecule has 0 spiro atoms. The Hall–Kier alpha value is -2.08. The minimum atomic E-state index is -0.532. The third-order valence-electron chi connectivity index (χ3n) is 4.76. The van der Waals surface area contributed by atoms with E-state index in [-0.39, 0.29) is 17.9 Å². The molecule has 0 aromatic heterocycles. The molecule has 150 valence electrons. The smallest absolute Gasteiger partial charge is 0.251 e. The molecule has 1 aromatic rings. The molecule has 0 aliphatic carbocycles. The van der Waals surface area contributed by atoms with Gasteiger partial charge in [0.1, 0.15) is 6.04 Å². The van der Waals surface area contributed by atoms with E-state index in [0.717, 1.165) is 31.6 Å². The van der Waals surface area contributed by atoms with Gasteiger partial charge >= 0.3 is 0 Å². The van der Waals surface area contributed by atoms with E-state index in [4.69, 9.17) is 4.74 Å². The molecule has 2 rings (SSSR count). The van der Waals surface area contributed by atoms with Gasteiger partial charge in [-0.05, 0) is 55.9 Å². The van der Waals surface area contributed by atoms with Crippen molar-refractivity contribution in [1.29, 1.82) is 0 Å². The molecule has 1 saturated heterocycles. The van der Waals surface area contributed by atoms with E-state index in [9.17, 15) is 9.59 Å². The summed E-state index contributed by atoms with van der Waals surface area (Å²) in [7, 11) is 3.91. The van der Waals surface area contributed by atoms with E-state index < -0.39 is 6.04 Å². The molecule has 0 bridgehead atoms. The van der Waals surface area contributed by atoms with Crippen molar-refractivity contribution in [3.8, 4) is 0 Å². The molecule has 1 aliphatic heterocycles. The van der Waals surface area contributed by atoms with Gasteiger partial charge in [-0.3, -0.25) is 9.59 Å². The zero-order valence-corrected chi connectivity index (χ0v) is 17.0. The summed E-state index contributed by atoms with van der Waals surface area (Å²) in [5.41, 5.74) is 1.58. The van der Waals surface area contributed by atoms with Crippen molar-refractivity contribution in [3.05, 3.63) is 29.8 Å². The second-order valence-corrected chi connectivity index (χ2v) is 7.81. The number of rotatable bonds is 9. The Balaban J connectivity index is 1.91. The van der Waals surface area contributed by atoms with Crippen LogP contribution in [0.1, 0.15) is 49.9 Å². The Morgan fingerprint density at radius 3 is 2.48 bits per heavy atom. The van der Waals surface area contributed by atoms with E-state index in [0.29, 0.717) is 24.4 Å². The van der Waals surface area contributed by atoms with Gasteiger partial charge in [-0.25, -0.2) is 0 Å². The lowest BCUT2D eigenvalue weighted by Crippen LogP contribution is -2.47. The van der Waals surface area contributed by atoms with Crippen LogP contribution in [0, 0.1) is 5.92 Å². The largest absolute Gasteiger partial charge is 0.378 e. The quantitative estimate of drug-likeness (QED) is 0.696. The van der Waals surface area contributed by atoms with Crippen molar-refractivity contribution in [1.82, 2.24) is 10.6 Å². The zero-order chi connectivity index (χ0) is 19.8. The highest BCUT2D eigenvalue weighted by atomic mass is 16.5.